The van der Waals surface area contributed by atoms with Gasteiger partial charge in [0.05, 0.1) is 18.7 Å². The molecule has 1 atom stereocenters. The van der Waals surface area contributed by atoms with E-state index in [1.54, 1.807) is 31.4 Å². The van der Waals surface area contributed by atoms with E-state index in [1.807, 2.05) is 0 Å². The number of benzene rings is 2. The highest BCUT2D eigenvalue weighted by Crippen LogP contribution is 2.31. The van der Waals surface area contributed by atoms with Gasteiger partial charge < -0.3 is 15.2 Å². The number of halogens is 3. The van der Waals surface area contributed by atoms with Crippen LogP contribution in [-0.2, 0) is 6.18 Å². The molecule has 2 N–H and O–H groups in total. The fourth-order valence-electron chi connectivity index (χ4n) is 1.90. The SMILES string of the molecule is COc1ccc(C(N)COc2cccc(C(F)(F)F)c2)cc1. The van der Waals surface area contributed by atoms with Crippen LogP contribution in [0.5, 0.6) is 11.5 Å². The number of hydrogen-bond acceptors (Lipinski definition) is 3. The normalized spacial score (nSPS) is 12.8. The molecule has 2 aromatic carbocycles. The van der Waals surface area contributed by atoms with Crippen molar-refractivity contribution in [1.29, 1.82) is 0 Å². The topological polar surface area (TPSA) is 44.5 Å². The molecular weight excluding hydrogens is 295 g/mol. The molecule has 0 saturated carbocycles. The molecule has 2 aromatic rings. The van der Waals surface area contributed by atoms with Crippen LogP contribution in [0.4, 0.5) is 13.2 Å². The molecule has 0 fully saturated rings. The predicted molar refractivity (Wildman–Crippen MR) is 76.9 cm³/mol. The van der Waals surface area contributed by atoms with Crippen LogP contribution in [-0.4, -0.2) is 13.7 Å². The van der Waals surface area contributed by atoms with Gasteiger partial charge in [-0.1, -0.05) is 18.2 Å². The first-order valence-corrected chi connectivity index (χ1v) is 6.60. The van der Waals surface area contributed by atoms with Crippen LogP contribution in [0.3, 0.4) is 0 Å². The van der Waals surface area contributed by atoms with Gasteiger partial charge in [-0.25, -0.2) is 0 Å². The molecule has 0 radical (unpaired) electrons. The van der Waals surface area contributed by atoms with Crippen LogP contribution in [0.2, 0.25) is 0 Å². The predicted octanol–water partition coefficient (Wildman–Crippen LogP) is 3.79. The van der Waals surface area contributed by atoms with Crippen LogP contribution >= 0.6 is 0 Å². The van der Waals surface area contributed by atoms with Crippen molar-refractivity contribution < 1.29 is 22.6 Å². The van der Waals surface area contributed by atoms with Gasteiger partial charge in [0.1, 0.15) is 18.1 Å². The zero-order valence-electron chi connectivity index (χ0n) is 11.9. The van der Waals surface area contributed by atoms with Crippen molar-refractivity contribution in [3.63, 3.8) is 0 Å². The van der Waals surface area contributed by atoms with Crippen molar-refractivity contribution in [2.75, 3.05) is 13.7 Å². The van der Waals surface area contributed by atoms with Crippen LogP contribution in [0.1, 0.15) is 17.2 Å². The molecule has 0 saturated heterocycles. The Labute approximate surface area is 126 Å². The first-order chi connectivity index (χ1) is 10.4. The molecule has 0 amide bonds. The second kappa shape index (κ2) is 6.70. The average molecular weight is 311 g/mol. The molecule has 0 bridgehead atoms. The first kappa shape index (κ1) is 16.2. The summed E-state index contributed by atoms with van der Waals surface area (Å²) in [6.45, 7) is 0.0770. The molecule has 3 nitrogen and oxygen atoms in total. The van der Waals surface area contributed by atoms with Gasteiger partial charge >= 0.3 is 6.18 Å². The Morgan fingerprint density at radius 1 is 1.05 bits per heavy atom. The van der Waals surface area contributed by atoms with Crippen molar-refractivity contribution in [1.82, 2.24) is 0 Å². The number of alkyl halides is 3. The molecule has 0 aliphatic heterocycles. The van der Waals surface area contributed by atoms with E-state index in [2.05, 4.69) is 0 Å². The molecule has 118 valence electrons. The molecule has 1 unspecified atom stereocenters. The van der Waals surface area contributed by atoms with Crippen molar-refractivity contribution in [2.45, 2.75) is 12.2 Å². The lowest BCUT2D eigenvalue weighted by molar-refractivity contribution is -0.137. The minimum absolute atomic E-state index is 0.0770. The van der Waals surface area contributed by atoms with Crippen molar-refractivity contribution >= 4 is 0 Å². The molecule has 2 rings (SSSR count). The second-order valence-corrected chi connectivity index (χ2v) is 4.72. The average Bonchev–Trinajstić information content (AvgIpc) is 2.52. The highest BCUT2D eigenvalue weighted by atomic mass is 19.4. The third-order valence-corrected chi connectivity index (χ3v) is 3.13. The smallest absolute Gasteiger partial charge is 0.416 e. The van der Waals surface area contributed by atoms with Crippen LogP contribution in [0, 0.1) is 0 Å². The van der Waals surface area contributed by atoms with Crippen LogP contribution < -0.4 is 15.2 Å². The summed E-state index contributed by atoms with van der Waals surface area (Å²) < 4.78 is 48.2. The maximum absolute atomic E-state index is 12.6. The van der Waals surface area contributed by atoms with Gasteiger partial charge in [0.2, 0.25) is 0 Å². The maximum Gasteiger partial charge on any atom is 0.416 e. The van der Waals surface area contributed by atoms with E-state index >= 15 is 0 Å². The van der Waals surface area contributed by atoms with Crippen LogP contribution in [0.25, 0.3) is 0 Å². The largest absolute Gasteiger partial charge is 0.497 e. The highest BCUT2D eigenvalue weighted by Gasteiger charge is 2.30. The Morgan fingerprint density at radius 3 is 2.32 bits per heavy atom. The minimum atomic E-state index is -4.39. The number of rotatable bonds is 5. The summed E-state index contributed by atoms with van der Waals surface area (Å²) in [6.07, 6.45) is -4.39. The Bertz CT molecular complexity index is 612. The number of ether oxygens (including phenoxy) is 2. The summed E-state index contributed by atoms with van der Waals surface area (Å²) in [5.74, 6) is 0.841. The van der Waals surface area contributed by atoms with Crippen molar-refractivity contribution in [2.24, 2.45) is 5.73 Å². The number of methoxy groups -OCH3 is 1. The molecule has 0 aliphatic carbocycles. The lowest BCUT2D eigenvalue weighted by atomic mass is 10.1. The summed E-state index contributed by atoms with van der Waals surface area (Å²) in [4.78, 5) is 0. The lowest BCUT2D eigenvalue weighted by Crippen LogP contribution is -2.19. The molecule has 22 heavy (non-hydrogen) atoms. The van der Waals surface area contributed by atoms with Gasteiger partial charge in [0, 0.05) is 0 Å². The summed E-state index contributed by atoms with van der Waals surface area (Å²) in [6, 6.07) is 11.4. The number of nitrogens with two attached hydrogens (primary N) is 1. The third-order valence-electron chi connectivity index (χ3n) is 3.13. The zero-order chi connectivity index (χ0) is 16.2. The van der Waals surface area contributed by atoms with Gasteiger partial charge in [0.15, 0.2) is 0 Å². The van der Waals surface area contributed by atoms with E-state index in [0.717, 1.165) is 17.7 Å². The fourth-order valence-corrected chi connectivity index (χ4v) is 1.90. The van der Waals surface area contributed by atoms with Crippen LogP contribution in [0.15, 0.2) is 48.5 Å². The monoisotopic (exact) mass is 311 g/mol. The van der Waals surface area contributed by atoms with Gasteiger partial charge in [-0.05, 0) is 35.9 Å². The van der Waals surface area contributed by atoms with E-state index in [-0.39, 0.29) is 12.4 Å². The molecule has 0 heterocycles. The zero-order valence-corrected chi connectivity index (χ0v) is 11.9. The van der Waals surface area contributed by atoms with E-state index in [0.29, 0.717) is 5.75 Å². The maximum atomic E-state index is 12.6. The van der Waals surface area contributed by atoms with Gasteiger partial charge in [-0.15, -0.1) is 0 Å². The van der Waals surface area contributed by atoms with E-state index in [1.165, 1.54) is 12.1 Å². The third kappa shape index (κ3) is 4.14. The summed E-state index contributed by atoms with van der Waals surface area (Å²) >= 11 is 0. The van der Waals surface area contributed by atoms with E-state index in [4.69, 9.17) is 15.2 Å². The van der Waals surface area contributed by atoms with Gasteiger partial charge in [-0.3, -0.25) is 0 Å². The Hall–Kier alpha value is -2.21. The molecule has 6 heteroatoms. The Kier molecular flexibility index (Phi) is 4.92. The summed E-state index contributed by atoms with van der Waals surface area (Å²) in [5, 5.41) is 0. The second-order valence-electron chi connectivity index (χ2n) is 4.72. The standard InChI is InChI=1S/C16H16F3NO2/c1-21-13-7-5-11(6-8-13)15(20)10-22-14-4-2-3-12(9-14)16(17,18)19/h2-9,15H,10,20H2,1H3. The van der Waals surface area contributed by atoms with Gasteiger partial charge in [-0.2, -0.15) is 13.2 Å². The van der Waals surface area contributed by atoms with Crippen molar-refractivity contribution in [3.05, 3.63) is 59.7 Å². The highest BCUT2D eigenvalue weighted by molar-refractivity contribution is 5.31. The molecule has 0 spiro atoms. The quantitative estimate of drug-likeness (QED) is 0.913. The minimum Gasteiger partial charge on any atom is -0.497 e. The van der Waals surface area contributed by atoms with E-state index in [9.17, 15) is 13.2 Å². The number of hydrogen-bond donors (Lipinski definition) is 1. The Balaban J connectivity index is 2.00. The summed E-state index contributed by atoms with van der Waals surface area (Å²) in [7, 11) is 1.56. The first-order valence-electron chi connectivity index (χ1n) is 6.60. The fraction of sp³-hybridized carbons (Fsp3) is 0.250. The summed E-state index contributed by atoms with van der Waals surface area (Å²) in [5.41, 5.74) is 6.04. The van der Waals surface area contributed by atoms with Crippen molar-refractivity contribution in [3.8, 4) is 11.5 Å². The lowest BCUT2D eigenvalue weighted by Gasteiger charge is -2.15. The van der Waals surface area contributed by atoms with E-state index < -0.39 is 17.8 Å². The molecule has 0 aromatic heterocycles. The molecule has 0 aliphatic rings. The molecular formula is C16H16F3NO2. The Morgan fingerprint density at radius 2 is 1.73 bits per heavy atom. The van der Waals surface area contributed by atoms with Gasteiger partial charge in [0.25, 0.3) is 0 Å².